The van der Waals surface area contributed by atoms with Gasteiger partial charge in [0.1, 0.15) is 11.8 Å². The fourth-order valence-electron chi connectivity index (χ4n) is 1.80. The van der Waals surface area contributed by atoms with Crippen LogP contribution in [0.4, 0.5) is 0 Å². The van der Waals surface area contributed by atoms with Crippen molar-refractivity contribution in [1.82, 2.24) is 5.32 Å². The van der Waals surface area contributed by atoms with Gasteiger partial charge in [0, 0.05) is 0 Å². The number of carbonyl (C=O) groups is 2. The average Bonchev–Trinajstić information content (AvgIpc) is 2.40. The van der Waals surface area contributed by atoms with E-state index in [-0.39, 0.29) is 12.2 Å². The van der Waals surface area contributed by atoms with Gasteiger partial charge in [-0.15, -0.1) is 0 Å². The van der Waals surface area contributed by atoms with Gasteiger partial charge < -0.3 is 21.3 Å². The molecule has 5 N–H and O–H groups in total. The third-order valence-corrected chi connectivity index (χ3v) is 2.92. The number of carboxylic acids is 1. The predicted molar refractivity (Wildman–Crippen MR) is 74.3 cm³/mol. The molecule has 0 fully saturated rings. The molecule has 0 radical (unpaired) electrons. The van der Waals surface area contributed by atoms with Gasteiger partial charge in [0.05, 0.1) is 6.04 Å². The van der Waals surface area contributed by atoms with E-state index >= 15 is 0 Å². The Morgan fingerprint density at radius 1 is 1.30 bits per heavy atom. The summed E-state index contributed by atoms with van der Waals surface area (Å²) in [7, 11) is 0. The molecule has 20 heavy (non-hydrogen) atoms. The lowest BCUT2D eigenvalue weighted by Gasteiger charge is -2.17. The van der Waals surface area contributed by atoms with Gasteiger partial charge in [-0.3, -0.25) is 4.79 Å². The highest BCUT2D eigenvalue weighted by Gasteiger charge is 2.22. The van der Waals surface area contributed by atoms with Crippen LogP contribution in [-0.2, 0) is 16.0 Å². The minimum Gasteiger partial charge on any atom is -0.508 e. The number of carboxylic acid groups (broad SMARTS) is 1. The monoisotopic (exact) mass is 280 g/mol. The smallest absolute Gasteiger partial charge is 0.326 e. The first-order valence-corrected chi connectivity index (χ1v) is 6.50. The highest BCUT2D eigenvalue weighted by atomic mass is 16.4. The van der Waals surface area contributed by atoms with Gasteiger partial charge in [-0.25, -0.2) is 4.79 Å². The van der Waals surface area contributed by atoms with Crippen LogP contribution in [0.2, 0.25) is 0 Å². The van der Waals surface area contributed by atoms with Crippen molar-refractivity contribution in [2.75, 3.05) is 0 Å². The molecule has 2 atom stereocenters. The Hall–Kier alpha value is -2.08. The molecule has 110 valence electrons. The molecule has 0 aromatic heterocycles. The summed E-state index contributed by atoms with van der Waals surface area (Å²) in [5.74, 6) is -1.41. The Morgan fingerprint density at radius 3 is 2.40 bits per heavy atom. The molecular formula is C14H20N2O4. The summed E-state index contributed by atoms with van der Waals surface area (Å²) in [4.78, 5) is 22.8. The molecule has 0 aliphatic rings. The van der Waals surface area contributed by atoms with Crippen molar-refractivity contribution in [2.24, 2.45) is 5.73 Å². The average molecular weight is 280 g/mol. The van der Waals surface area contributed by atoms with Gasteiger partial charge in [-0.1, -0.05) is 25.5 Å². The van der Waals surface area contributed by atoms with E-state index in [2.05, 4.69) is 5.32 Å². The van der Waals surface area contributed by atoms with Crippen LogP contribution in [0.5, 0.6) is 5.75 Å². The standard InChI is InChI=1S/C14H20N2O4/c1-2-3-12(14(19)20)16-13(18)11(15)8-9-4-6-10(17)7-5-9/h4-7,11-12,17H,2-3,8,15H2,1H3,(H,16,18)(H,19,20)/t11?,12-/m1/s1. The lowest BCUT2D eigenvalue weighted by Crippen LogP contribution is -2.49. The first-order chi connectivity index (χ1) is 9.43. The predicted octanol–water partition coefficient (Wildman–Crippen LogP) is 0.631. The number of benzene rings is 1. The molecule has 0 heterocycles. The van der Waals surface area contributed by atoms with Gasteiger partial charge in [0.25, 0.3) is 0 Å². The number of hydrogen-bond donors (Lipinski definition) is 4. The maximum Gasteiger partial charge on any atom is 0.326 e. The first-order valence-electron chi connectivity index (χ1n) is 6.50. The van der Waals surface area contributed by atoms with Crippen molar-refractivity contribution in [2.45, 2.75) is 38.3 Å². The van der Waals surface area contributed by atoms with Crippen LogP contribution < -0.4 is 11.1 Å². The SMILES string of the molecule is CCC[C@@H](NC(=O)C(N)Cc1ccc(O)cc1)C(=O)O. The molecule has 0 saturated heterocycles. The Bertz CT molecular complexity index is 459. The second-order valence-electron chi connectivity index (χ2n) is 4.67. The number of amides is 1. The van der Waals surface area contributed by atoms with Crippen molar-refractivity contribution in [3.05, 3.63) is 29.8 Å². The third-order valence-electron chi connectivity index (χ3n) is 2.92. The molecule has 1 amide bonds. The van der Waals surface area contributed by atoms with Gasteiger partial charge >= 0.3 is 5.97 Å². The number of nitrogens with one attached hydrogen (secondary N) is 1. The number of hydrogen-bond acceptors (Lipinski definition) is 4. The van der Waals surface area contributed by atoms with E-state index in [1.54, 1.807) is 12.1 Å². The van der Waals surface area contributed by atoms with Crippen LogP contribution >= 0.6 is 0 Å². The Morgan fingerprint density at radius 2 is 1.90 bits per heavy atom. The number of aliphatic carboxylic acids is 1. The van der Waals surface area contributed by atoms with Crippen LogP contribution in [0, 0.1) is 0 Å². The summed E-state index contributed by atoms with van der Waals surface area (Å²) in [6.45, 7) is 1.85. The van der Waals surface area contributed by atoms with E-state index in [4.69, 9.17) is 15.9 Å². The Balaban J connectivity index is 2.57. The summed E-state index contributed by atoms with van der Waals surface area (Å²) in [6.07, 6.45) is 1.31. The number of phenolic OH excluding ortho intramolecular Hbond substituents is 1. The maximum atomic E-state index is 11.9. The molecule has 1 aromatic rings. The number of aromatic hydroxyl groups is 1. The molecular weight excluding hydrogens is 260 g/mol. The van der Waals surface area contributed by atoms with Gasteiger partial charge in [-0.2, -0.15) is 0 Å². The topological polar surface area (TPSA) is 113 Å². The van der Waals surface area contributed by atoms with Crippen LogP contribution in [0.1, 0.15) is 25.3 Å². The Labute approximate surface area is 117 Å². The van der Waals surface area contributed by atoms with Crippen molar-refractivity contribution in [3.63, 3.8) is 0 Å². The number of nitrogens with two attached hydrogens (primary N) is 1. The summed E-state index contributed by atoms with van der Waals surface area (Å²) in [5, 5.41) is 20.6. The lowest BCUT2D eigenvalue weighted by atomic mass is 10.0. The van der Waals surface area contributed by atoms with Gasteiger partial charge in [-0.05, 0) is 30.5 Å². The van der Waals surface area contributed by atoms with Crippen LogP contribution in [0.25, 0.3) is 0 Å². The second-order valence-corrected chi connectivity index (χ2v) is 4.67. The normalized spacial score (nSPS) is 13.5. The second kappa shape index (κ2) is 7.49. The molecule has 0 aliphatic carbocycles. The summed E-state index contributed by atoms with van der Waals surface area (Å²) in [6, 6.07) is 4.64. The Kier molecular flexibility index (Phi) is 5.99. The molecule has 1 rings (SSSR count). The maximum absolute atomic E-state index is 11.9. The van der Waals surface area contributed by atoms with Crippen molar-refractivity contribution in [3.8, 4) is 5.75 Å². The summed E-state index contributed by atoms with van der Waals surface area (Å²) < 4.78 is 0. The van der Waals surface area contributed by atoms with E-state index in [9.17, 15) is 9.59 Å². The van der Waals surface area contributed by atoms with Crippen molar-refractivity contribution >= 4 is 11.9 Å². The lowest BCUT2D eigenvalue weighted by molar-refractivity contribution is -0.142. The minimum atomic E-state index is -1.06. The largest absolute Gasteiger partial charge is 0.508 e. The van der Waals surface area contributed by atoms with Crippen LogP contribution in [0.15, 0.2) is 24.3 Å². The highest BCUT2D eigenvalue weighted by molar-refractivity contribution is 5.86. The third kappa shape index (κ3) is 4.89. The molecule has 0 spiro atoms. The summed E-state index contributed by atoms with van der Waals surface area (Å²) >= 11 is 0. The zero-order valence-corrected chi connectivity index (χ0v) is 11.4. The van der Waals surface area contributed by atoms with Crippen molar-refractivity contribution in [1.29, 1.82) is 0 Å². The highest BCUT2D eigenvalue weighted by Crippen LogP contribution is 2.11. The quantitative estimate of drug-likeness (QED) is 0.585. The summed E-state index contributed by atoms with van der Waals surface area (Å²) in [5.41, 5.74) is 6.56. The molecule has 6 heteroatoms. The van der Waals surface area contributed by atoms with E-state index in [1.165, 1.54) is 12.1 Å². The molecule has 1 unspecified atom stereocenters. The van der Waals surface area contributed by atoms with Crippen LogP contribution in [-0.4, -0.2) is 34.2 Å². The molecule has 6 nitrogen and oxygen atoms in total. The number of phenols is 1. The first kappa shape index (κ1) is 16.0. The zero-order valence-electron chi connectivity index (χ0n) is 11.4. The van der Waals surface area contributed by atoms with E-state index in [1.807, 2.05) is 6.92 Å². The van der Waals surface area contributed by atoms with Gasteiger partial charge in [0.15, 0.2) is 0 Å². The molecule has 1 aromatic carbocycles. The number of rotatable bonds is 7. The minimum absolute atomic E-state index is 0.139. The molecule has 0 bridgehead atoms. The number of carbonyl (C=O) groups excluding carboxylic acids is 1. The zero-order chi connectivity index (χ0) is 15.1. The fourth-order valence-corrected chi connectivity index (χ4v) is 1.80. The van der Waals surface area contributed by atoms with E-state index in [0.717, 1.165) is 5.56 Å². The fraction of sp³-hybridized carbons (Fsp3) is 0.429. The van der Waals surface area contributed by atoms with Crippen LogP contribution in [0.3, 0.4) is 0 Å². The molecule has 0 aliphatic heterocycles. The van der Waals surface area contributed by atoms with Gasteiger partial charge in [0.2, 0.25) is 5.91 Å². The molecule has 0 saturated carbocycles. The van der Waals surface area contributed by atoms with E-state index < -0.39 is 24.0 Å². The van der Waals surface area contributed by atoms with Crippen molar-refractivity contribution < 1.29 is 19.8 Å². The van der Waals surface area contributed by atoms with E-state index in [0.29, 0.717) is 12.8 Å².